The quantitative estimate of drug-likeness (QED) is 0.0223. The number of aromatic hydroxyl groups is 1. The summed E-state index contributed by atoms with van der Waals surface area (Å²) >= 11 is 0. The van der Waals surface area contributed by atoms with E-state index < -0.39 is 37.4 Å². The van der Waals surface area contributed by atoms with Crippen LogP contribution in [-0.2, 0) is 25.7 Å². The fourth-order valence-corrected chi connectivity index (χ4v) is 7.81. The molecule has 0 atom stereocenters. The molecule has 12 nitrogen and oxygen atoms in total. The van der Waals surface area contributed by atoms with Crippen molar-refractivity contribution in [2.45, 2.75) is 104 Å². The number of nitrogens with zero attached hydrogens (tertiary/aromatic N) is 2. The van der Waals surface area contributed by atoms with Crippen molar-refractivity contribution in [3.8, 4) is 17.1 Å². The Morgan fingerprint density at radius 2 is 1.36 bits per heavy atom. The summed E-state index contributed by atoms with van der Waals surface area (Å²) in [4.78, 5) is 15.6. The average molecular weight is 866 g/mol. The minimum absolute atomic E-state index is 0. The zero-order valence-corrected chi connectivity index (χ0v) is 39.2. The normalized spacial score (nSPS) is 12.5. The van der Waals surface area contributed by atoms with Crippen LogP contribution in [0.25, 0.3) is 34.4 Å². The van der Waals surface area contributed by atoms with Crippen LogP contribution in [0.5, 0.6) is 5.75 Å². The van der Waals surface area contributed by atoms with E-state index in [9.17, 15) is 35.8 Å². The molecule has 15 heteroatoms. The van der Waals surface area contributed by atoms with Crippen LogP contribution in [0.4, 0.5) is 5.69 Å². The molecule has 0 unspecified atom stereocenters. The average Bonchev–Trinajstić information content (AvgIpc) is 3.14. The van der Waals surface area contributed by atoms with Gasteiger partial charge in [0.05, 0.1) is 23.0 Å². The largest absolute Gasteiger partial charge is 1.00 e. The van der Waals surface area contributed by atoms with Crippen molar-refractivity contribution < 1.29 is 70.9 Å². The first-order valence-corrected chi connectivity index (χ1v) is 23.6. The Morgan fingerprint density at radius 1 is 0.763 bits per heavy atom. The van der Waals surface area contributed by atoms with E-state index in [1.807, 2.05) is 63.2 Å². The van der Waals surface area contributed by atoms with Gasteiger partial charge in [0.2, 0.25) is 5.36 Å². The summed E-state index contributed by atoms with van der Waals surface area (Å²) in [5.41, 5.74) is 1.88. The first-order valence-electron chi connectivity index (χ1n) is 20.4. The molecule has 0 bridgehead atoms. The maximum atomic E-state index is 13.2. The molecule has 59 heavy (non-hydrogen) atoms. The molecule has 0 spiro atoms. The van der Waals surface area contributed by atoms with E-state index in [4.69, 9.17) is 8.83 Å². The molecule has 2 aromatic rings. The van der Waals surface area contributed by atoms with Crippen LogP contribution in [-0.4, -0.2) is 68.7 Å². The van der Waals surface area contributed by atoms with Gasteiger partial charge in [-0.3, -0.25) is 9.11 Å². The van der Waals surface area contributed by atoms with E-state index >= 15 is 0 Å². The van der Waals surface area contributed by atoms with Crippen molar-refractivity contribution >= 4 is 49.0 Å². The molecule has 0 radical (unpaired) electrons. The minimum atomic E-state index is -4.20. The summed E-state index contributed by atoms with van der Waals surface area (Å²) in [7, 11) is -8.39. The minimum Gasteiger partial charge on any atom is -1.00 e. The van der Waals surface area contributed by atoms with Gasteiger partial charge >= 0.3 is 35.2 Å². The maximum Gasteiger partial charge on any atom is 1.00 e. The standard InChI is InChI=1S/C44H60N2O10S2.Na.H/c1-6-8-10-14-24-45(25-15-11-9-7-2)35-21-23-37-40(32-35)56-43(48)38(42(37)47)19-13-12-18-33-30-41(44(3,4)5)55-39-31-34(20-22-36(33)39)46(26-16-28-57(49,50)51)27-17-29-58(52,53)54;;/h12-13,18-23,30-32H,6-11,14-17,24-29H2,1-5H3,(H2,49,50,51,52,53,54);;/q;+1;-1/p+1. The number of fused-ring (bicyclic) bond motifs is 2. The molecule has 1 aliphatic carbocycles. The number of hydrogen-bond donors (Lipinski definition) is 3. The van der Waals surface area contributed by atoms with Crippen molar-refractivity contribution in [3.63, 3.8) is 0 Å². The summed E-state index contributed by atoms with van der Waals surface area (Å²) in [6.07, 6.45) is 16.2. The third kappa shape index (κ3) is 15.9. The molecule has 0 fully saturated rings. The molecule has 1 aromatic carbocycles. The molecule has 1 aromatic heterocycles. The van der Waals surface area contributed by atoms with E-state index in [0.29, 0.717) is 27.8 Å². The summed E-state index contributed by atoms with van der Waals surface area (Å²) in [5, 5.41) is 12.3. The third-order valence-corrected chi connectivity index (χ3v) is 11.6. The van der Waals surface area contributed by atoms with Gasteiger partial charge < -0.3 is 20.3 Å². The van der Waals surface area contributed by atoms with Crippen LogP contribution in [0.2, 0.25) is 0 Å². The number of allylic oxidation sites excluding steroid dienone is 2. The van der Waals surface area contributed by atoms with E-state index in [1.54, 1.807) is 22.8 Å². The van der Waals surface area contributed by atoms with Gasteiger partial charge in [-0.05, 0) is 48.7 Å². The molecule has 0 amide bonds. The van der Waals surface area contributed by atoms with Crippen LogP contribution in [0.15, 0.2) is 68.2 Å². The molecule has 0 saturated heterocycles. The Kier molecular flexibility index (Phi) is 19.6. The Hall–Kier alpha value is -3.24. The second-order valence-electron chi connectivity index (χ2n) is 15.9. The second kappa shape index (κ2) is 23.1. The summed E-state index contributed by atoms with van der Waals surface area (Å²) < 4.78 is 78.0. The molecular weight excluding hydrogens is 804 g/mol. The van der Waals surface area contributed by atoms with E-state index in [0.717, 1.165) is 55.6 Å². The first kappa shape index (κ1) is 50.1. The molecule has 0 saturated carbocycles. The molecule has 1 aliphatic heterocycles. The van der Waals surface area contributed by atoms with Crippen LogP contribution < -0.4 is 50.0 Å². The monoisotopic (exact) mass is 865 g/mol. The van der Waals surface area contributed by atoms with Crippen molar-refractivity contribution in [3.05, 3.63) is 87.3 Å². The topological polar surface area (TPSA) is 179 Å². The number of unbranched alkanes of at least 4 members (excludes halogenated alkanes) is 6. The van der Waals surface area contributed by atoms with Crippen molar-refractivity contribution in [1.29, 1.82) is 0 Å². The fourth-order valence-electron chi connectivity index (χ4n) is 6.82. The Bertz CT molecular complexity index is 2330. The van der Waals surface area contributed by atoms with E-state index in [1.165, 1.54) is 31.8 Å². The number of benzene rings is 2. The van der Waals surface area contributed by atoms with Gasteiger partial charge in [0, 0.05) is 54.7 Å². The number of hydrogen-bond acceptors (Lipinski definition) is 9. The Morgan fingerprint density at radius 3 is 1.92 bits per heavy atom. The summed E-state index contributed by atoms with van der Waals surface area (Å²) in [6.45, 7) is 12.7. The van der Waals surface area contributed by atoms with Gasteiger partial charge in [-0.2, -0.15) is 16.8 Å². The predicted molar refractivity (Wildman–Crippen MR) is 235 cm³/mol. The first-order chi connectivity index (χ1) is 27.4. The van der Waals surface area contributed by atoms with Crippen LogP contribution in [0.1, 0.15) is 117 Å². The second-order valence-corrected chi connectivity index (χ2v) is 19.1. The predicted octanol–water partition coefficient (Wildman–Crippen LogP) is 5.63. The molecular formula is C44H62N2NaO10S2+. The van der Waals surface area contributed by atoms with E-state index in [2.05, 4.69) is 18.7 Å². The summed E-state index contributed by atoms with van der Waals surface area (Å²) in [5.74, 6) is 0.124. The molecule has 2 aliphatic rings. The molecule has 4 rings (SSSR count). The van der Waals surface area contributed by atoms with Gasteiger partial charge in [-0.1, -0.05) is 91.4 Å². The molecule has 320 valence electrons. The van der Waals surface area contributed by atoms with Gasteiger partial charge in [0.15, 0.2) is 0 Å². The summed E-state index contributed by atoms with van der Waals surface area (Å²) in [6, 6.07) is 13.0. The van der Waals surface area contributed by atoms with Gasteiger partial charge in [0.25, 0.3) is 20.2 Å². The van der Waals surface area contributed by atoms with Crippen LogP contribution in [0, 0.1) is 0 Å². The van der Waals surface area contributed by atoms with Crippen LogP contribution in [0.3, 0.4) is 0 Å². The fraction of sp³-hybridized carbons (Fsp3) is 0.500. The van der Waals surface area contributed by atoms with Crippen LogP contribution >= 0.6 is 0 Å². The zero-order valence-electron chi connectivity index (χ0n) is 36.6. The Balaban J connectivity index is 0.00000620. The zero-order chi connectivity index (χ0) is 42.5. The smallest absolute Gasteiger partial charge is 1.00 e. The Labute approximate surface area is 373 Å². The molecule has 3 N–H and O–H groups in total. The van der Waals surface area contributed by atoms with Crippen molar-refractivity contribution in [2.75, 3.05) is 42.6 Å². The van der Waals surface area contributed by atoms with Crippen molar-refractivity contribution in [1.82, 2.24) is 4.58 Å². The molecule has 2 heterocycles. The van der Waals surface area contributed by atoms with Crippen molar-refractivity contribution in [2.24, 2.45) is 0 Å². The van der Waals surface area contributed by atoms with Gasteiger partial charge in [0.1, 0.15) is 41.5 Å². The third-order valence-electron chi connectivity index (χ3n) is 10.0. The number of rotatable bonds is 22. The van der Waals surface area contributed by atoms with Gasteiger partial charge in [-0.25, -0.2) is 9.37 Å². The maximum absolute atomic E-state index is 13.2. The van der Waals surface area contributed by atoms with E-state index in [-0.39, 0.29) is 73.6 Å². The SMILES string of the molecule is CCCCCCN(CCCCCC)c1ccc2c(O)c(/C=C/C=C/c3cc(C(C)(C)C)oc4cc(=[N+](CCCS(=O)(=O)O)CCCS(=O)(=O)O)ccc3-4)c(=O)oc2c1.[H-].[Na+]. The number of anilines is 1. The van der Waals surface area contributed by atoms with Gasteiger partial charge in [-0.15, -0.1) is 0 Å².